The van der Waals surface area contributed by atoms with Crippen molar-refractivity contribution in [3.05, 3.63) is 69.3 Å². The summed E-state index contributed by atoms with van der Waals surface area (Å²) in [4.78, 5) is 29.6. The lowest BCUT2D eigenvalue weighted by Gasteiger charge is -2.17. The Balaban J connectivity index is 2.39. The van der Waals surface area contributed by atoms with Crippen LogP contribution in [0.3, 0.4) is 0 Å². The highest BCUT2D eigenvalue weighted by Crippen LogP contribution is 2.26. The number of ketones is 1. The quantitative estimate of drug-likeness (QED) is 0.627. The predicted octanol–water partition coefficient (Wildman–Crippen LogP) is 4.18. The van der Waals surface area contributed by atoms with Crippen LogP contribution in [0.2, 0.25) is 0 Å². The van der Waals surface area contributed by atoms with E-state index in [0.717, 1.165) is 16.8 Å². The molecule has 2 aromatic carbocycles. The van der Waals surface area contributed by atoms with E-state index in [9.17, 15) is 9.59 Å². The second-order valence-electron chi connectivity index (χ2n) is 6.82. The van der Waals surface area contributed by atoms with Gasteiger partial charge in [-0.1, -0.05) is 25.1 Å². The van der Waals surface area contributed by atoms with Crippen molar-refractivity contribution in [2.45, 2.75) is 34.1 Å². The van der Waals surface area contributed by atoms with Gasteiger partial charge in [-0.2, -0.15) is 0 Å². The molecular formula is C23H24N2O3. The van der Waals surface area contributed by atoms with Gasteiger partial charge < -0.3 is 4.74 Å². The summed E-state index contributed by atoms with van der Waals surface area (Å²) in [7, 11) is 1.56. The minimum absolute atomic E-state index is 0.0745. The van der Waals surface area contributed by atoms with E-state index in [1.54, 1.807) is 29.9 Å². The van der Waals surface area contributed by atoms with Crippen LogP contribution in [0.1, 0.15) is 36.4 Å². The summed E-state index contributed by atoms with van der Waals surface area (Å²) in [6.07, 6.45) is 3.74. The molecule has 1 heterocycles. The number of fused-ring (bicyclic) bond motifs is 1. The topological polar surface area (TPSA) is 61.2 Å². The Labute approximate surface area is 164 Å². The maximum atomic E-state index is 13.5. The molecule has 0 spiro atoms. The largest absolute Gasteiger partial charge is 0.496 e. The van der Waals surface area contributed by atoms with Gasteiger partial charge in [0.2, 0.25) is 0 Å². The van der Waals surface area contributed by atoms with E-state index in [-0.39, 0.29) is 11.3 Å². The van der Waals surface area contributed by atoms with Crippen LogP contribution in [0.25, 0.3) is 22.7 Å². The number of hydrogen-bond acceptors (Lipinski definition) is 4. The van der Waals surface area contributed by atoms with Crippen LogP contribution < -0.4 is 10.3 Å². The fourth-order valence-electron chi connectivity index (χ4n) is 3.42. The molecule has 3 aromatic rings. The van der Waals surface area contributed by atoms with Crippen LogP contribution in [0.5, 0.6) is 5.75 Å². The first-order valence-corrected chi connectivity index (χ1v) is 9.26. The molecule has 0 atom stereocenters. The Morgan fingerprint density at radius 2 is 1.89 bits per heavy atom. The zero-order valence-electron chi connectivity index (χ0n) is 16.9. The lowest BCUT2D eigenvalue weighted by Crippen LogP contribution is -2.25. The van der Waals surface area contributed by atoms with Crippen molar-refractivity contribution in [1.82, 2.24) is 9.55 Å². The molecule has 28 heavy (non-hydrogen) atoms. The van der Waals surface area contributed by atoms with Crippen molar-refractivity contribution in [2.75, 3.05) is 7.11 Å². The number of allylic oxidation sites excluding steroid dienone is 1. The van der Waals surface area contributed by atoms with Crippen LogP contribution in [0, 0.1) is 13.8 Å². The van der Waals surface area contributed by atoms with Gasteiger partial charge in [-0.05, 0) is 50.1 Å². The molecular weight excluding hydrogens is 352 g/mol. The van der Waals surface area contributed by atoms with Crippen molar-refractivity contribution in [3.63, 3.8) is 0 Å². The number of nitrogens with zero attached hydrogens (tertiary/aromatic N) is 2. The minimum atomic E-state index is -0.126. The Morgan fingerprint density at radius 1 is 1.21 bits per heavy atom. The smallest absolute Gasteiger partial charge is 0.266 e. The van der Waals surface area contributed by atoms with E-state index in [1.807, 2.05) is 39.0 Å². The maximum Gasteiger partial charge on any atom is 0.266 e. The number of benzene rings is 2. The van der Waals surface area contributed by atoms with Gasteiger partial charge in [0.05, 0.1) is 23.7 Å². The van der Waals surface area contributed by atoms with Gasteiger partial charge in [0.1, 0.15) is 11.6 Å². The second-order valence-corrected chi connectivity index (χ2v) is 6.82. The lowest BCUT2D eigenvalue weighted by atomic mass is 10.1. The number of rotatable bonds is 5. The van der Waals surface area contributed by atoms with E-state index in [1.165, 1.54) is 13.0 Å². The summed E-state index contributed by atoms with van der Waals surface area (Å²) in [6.45, 7) is 7.45. The zero-order valence-corrected chi connectivity index (χ0v) is 16.9. The van der Waals surface area contributed by atoms with Gasteiger partial charge in [0.15, 0.2) is 5.78 Å². The SMILES string of the molecule is CCc1nc2cc(OC)c(/C=C/C(C)=O)cc2c(=O)n1-c1c(C)cccc1C. The molecule has 5 heteroatoms. The van der Waals surface area contributed by atoms with Gasteiger partial charge >= 0.3 is 0 Å². The molecule has 0 saturated carbocycles. The third-order valence-corrected chi connectivity index (χ3v) is 4.77. The number of para-hydroxylation sites is 1. The average molecular weight is 376 g/mol. The van der Waals surface area contributed by atoms with Crippen LogP contribution in [0.4, 0.5) is 0 Å². The number of methoxy groups -OCH3 is 1. The first-order chi connectivity index (χ1) is 13.4. The molecule has 0 unspecified atom stereocenters. The second kappa shape index (κ2) is 7.80. The molecule has 144 valence electrons. The maximum absolute atomic E-state index is 13.5. The molecule has 0 saturated heterocycles. The molecule has 0 N–H and O–H groups in total. The number of aryl methyl sites for hydroxylation is 3. The van der Waals surface area contributed by atoms with Gasteiger partial charge in [-0.15, -0.1) is 0 Å². The minimum Gasteiger partial charge on any atom is -0.496 e. The Morgan fingerprint density at radius 3 is 2.46 bits per heavy atom. The van der Waals surface area contributed by atoms with Crippen LogP contribution in [0.15, 0.2) is 41.2 Å². The molecule has 0 aliphatic carbocycles. The fraction of sp³-hybridized carbons (Fsp3) is 0.261. The molecule has 0 aliphatic rings. The lowest BCUT2D eigenvalue weighted by molar-refractivity contribution is -0.112. The Kier molecular flexibility index (Phi) is 5.45. The molecule has 0 aliphatic heterocycles. The highest BCUT2D eigenvalue weighted by Gasteiger charge is 2.16. The van der Waals surface area contributed by atoms with Crippen LogP contribution in [-0.4, -0.2) is 22.4 Å². The summed E-state index contributed by atoms with van der Waals surface area (Å²) in [6, 6.07) is 9.47. The van der Waals surface area contributed by atoms with E-state index in [0.29, 0.717) is 34.5 Å². The van der Waals surface area contributed by atoms with E-state index in [4.69, 9.17) is 9.72 Å². The zero-order chi connectivity index (χ0) is 20.4. The van der Waals surface area contributed by atoms with Crippen LogP contribution in [-0.2, 0) is 11.2 Å². The molecule has 5 nitrogen and oxygen atoms in total. The normalized spacial score (nSPS) is 11.3. The number of aromatic nitrogens is 2. The van der Waals surface area contributed by atoms with Crippen molar-refractivity contribution < 1.29 is 9.53 Å². The Hall–Kier alpha value is -3.21. The molecule has 0 fully saturated rings. The first kappa shape index (κ1) is 19.5. The van der Waals surface area contributed by atoms with E-state index >= 15 is 0 Å². The summed E-state index contributed by atoms with van der Waals surface area (Å²) >= 11 is 0. The standard InChI is InChI=1S/C23H24N2O3/c1-6-21-24-19-13-20(28-5)17(11-10-16(4)26)12-18(19)23(27)25(21)22-14(2)8-7-9-15(22)3/h7-13H,6H2,1-5H3/b11-10+. The highest BCUT2D eigenvalue weighted by molar-refractivity contribution is 5.93. The van der Waals surface area contributed by atoms with E-state index in [2.05, 4.69) is 0 Å². The molecule has 1 aromatic heterocycles. The van der Waals surface area contributed by atoms with Gasteiger partial charge in [0, 0.05) is 18.1 Å². The van der Waals surface area contributed by atoms with Crippen molar-refractivity contribution >= 4 is 22.8 Å². The molecule has 0 amide bonds. The third-order valence-electron chi connectivity index (χ3n) is 4.77. The molecule has 0 radical (unpaired) electrons. The number of carbonyl (C=O) groups excluding carboxylic acids is 1. The fourth-order valence-corrected chi connectivity index (χ4v) is 3.42. The first-order valence-electron chi connectivity index (χ1n) is 9.26. The van der Waals surface area contributed by atoms with E-state index < -0.39 is 0 Å². The number of carbonyl (C=O) groups is 1. The summed E-state index contributed by atoms with van der Waals surface area (Å²) in [5, 5.41) is 0.490. The van der Waals surface area contributed by atoms with Crippen molar-refractivity contribution in [1.29, 1.82) is 0 Å². The van der Waals surface area contributed by atoms with Crippen molar-refractivity contribution in [3.8, 4) is 11.4 Å². The summed E-state index contributed by atoms with van der Waals surface area (Å²) in [5.41, 5.74) is 4.03. The summed E-state index contributed by atoms with van der Waals surface area (Å²) < 4.78 is 7.15. The summed E-state index contributed by atoms with van der Waals surface area (Å²) in [5.74, 6) is 1.20. The van der Waals surface area contributed by atoms with Crippen LogP contribution >= 0.6 is 0 Å². The number of ether oxygens (including phenoxy) is 1. The van der Waals surface area contributed by atoms with Gasteiger partial charge in [0.25, 0.3) is 5.56 Å². The van der Waals surface area contributed by atoms with Crippen molar-refractivity contribution in [2.24, 2.45) is 0 Å². The predicted molar refractivity (Wildman–Crippen MR) is 112 cm³/mol. The van der Waals surface area contributed by atoms with Gasteiger partial charge in [-0.3, -0.25) is 14.2 Å². The average Bonchev–Trinajstić information content (AvgIpc) is 2.66. The third kappa shape index (κ3) is 3.48. The molecule has 3 rings (SSSR count). The Bertz CT molecular complexity index is 1140. The highest BCUT2D eigenvalue weighted by atomic mass is 16.5. The molecule has 0 bridgehead atoms. The number of hydrogen-bond donors (Lipinski definition) is 0. The monoisotopic (exact) mass is 376 g/mol. The van der Waals surface area contributed by atoms with Gasteiger partial charge in [-0.25, -0.2) is 4.98 Å².